The number of nitrogens with one attached hydrogen (secondary N) is 5. The molecule has 0 radical (unpaired) electrons. The molecule has 7 N–H and O–H groups in total. The first-order valence-electron chi connectivity index (χ1n) is 14.9. The Hall–Kier alpha value is -5.83. The van der Waals surface area contributed by atoms with Gasteiger partial charge in [0, 0.05) is 52.9 Å². The topological polar surface area (TPSA) is 145 Å². The number of para-hydroxylation sites is 4. The third-order valence-corrected chi connectivity index (χ3v) is 7.98. The molecular weight excluding hydrogens is 564 g/mol. The van der Waals surface area contributed by atoms with E-state index in [9.17, 15) is 14.4 Å². The number of fused-ring (bicyclic) bond motifs is 2. The number of anilines is 2. The van der Waals surface area contributed by atoms with E-state index in [1.165, 1.54) is 0 Å². The first kappa shape index (κ1) is 29.3. The number of hydrogen-bond donors (Lipinski definition) is 6. The van der Waals surface area contributed by atoms with Crippen LogP contribution in [0, 0.1) is 0 Å². The summed E-state index contributed by atoms with van der Waals surface area (Å²) in [6, 6.07) is 29.5. The predicted molar refractivity (Wildman–Crippen MR) is 178 cm³/mol. The molecule has 0 aliphatic rings. The number of aromatic nitrogens is 2. The second kappa shape index (κ2) is 13.2. The Morgan fingerprint density at radius 2 is 1.16 bits per heavy atom. The maximum absolute atomic E-state index is 13.6. The fraction of sp³-hybridized carbons (Fsp3) is 0.139. The molecule has 0 atom stereocenters. The van der Waals surface area contributed by atoms with Gasteiger partial charge in [0.25, 0.3) is 5.91 Å². The van der Waals surface area contributed by atoms with E-state index in [0.717, 1.165) is 32.9 Å². The maximum Gasteiger partial charge on any atom is 0.255 e. The molecule has 226 valence electrons. The van der Waals surface area contributed by atoms with E-state index in [2.05, 4.69) is 25.9 Å². The largest absolute Gasteiger partial charge is 0.397 e. The highest BCUT2D eigenvalue weighted by Crippen LogP contribution is 2.22. The van der Waals surface area contributed by atoms with Gasteiger partial charge in [-0.15, -0.1) is 0 Å². The molecule has 0 saturated heterocycles. The van der Waals surface area contributed by atoms with Crippen LogP contribution in [0.1, 0.15) is 33.0 Å². The van der Waals surface area contributed by atoms with Gasteiger partial charge in [-0.25, -0.2) is 0 Å². The SMILES string of the molecule is Nc1ccccc1NC(=O)c1ccc(C(C(=O)NCCc2c[nH]c3ccccc23)C(=O)NCCc2c[nH]c3ccccc23)cc1. The fourth-order valence-corrected chi connectivity index (χ4v) is 5.58. The van der Waals surface area contributed by atoms with E-state index in [1.807, 2.05) is 60.9 Å². The molecular formula is C36H34N6O3. The average molecular weight is 599 g/mol. The standard InChI is InChI=1S/C36H34N6O3/c37-29-9-3-6-12-32(29)42-34(43)24-15-13-23(14-16-24)33(35(44)38-19-17-25-21-40-30-10-4-1-7-27(25)30)36(45)39-20-18-26-22-41-31-11-5-2-8-28(26)31/h1-16,21-22,33,40-41H,17-20,37H2,(H,38,44)(H,39,45)(H,42,43). The average Bonchev–Trinajstić information content (AvgIpc) is 3.67. The molecule has 4 aromatic carbocycles. The number of aromatic amines is 2. The summed E-state index contributed by atoms with van der Waals surface area (Å²) < 4.78 is 0. The number of carbonyl (C=O) groups is 3. The first-order chi connectivity index (χ1) is 22.0. The molecule has 2 heterocycles. The van der Waals surface area contributed by atoms with Gasteiger partial charge in [0.15, 0.2) is 0 Å². The van der Waals surface area contributed by atoms with Crippen molar-refractivity contribution < 1.29 is 14.4 Å². The van der Waals surface area contributed by atoms with Gasteiger partial charge in [-0.2, -0.15) is 0 Å². The Labute approximate surface area is 260 Å². The Morgan fingerprint density at radius 1 is 0.644 bits per heavy atom. The molecule has 0 spiro atoms. The molecule has 0 aliphatic heterocycles. The van der Waals surface area contributed by atoms with Crippen LogP contribution in [0.5, 0.6) is 0 Å². The number of nitrogens with two attached hydrogens (primary N) is 1. The smallest absolute Gasteiger partial charge is 0.255 e. The maximum atomic E-state index is 13.6. The monoisotopic (exact) mass is 598 g/mol. The molecule has 0 fully saturated rings. The Morgan fingerprint density at radius 3 is 1.71 bits per heavy atom. The van der Waals surface area contributed by atoms with E-state index in [0.29, 0.717) is 48.4 Å². The van der Waals surface area contributed by atoms with E-state index >= 15 is 0 Å². The number of amides is 3. The predicted octanol–water partition coefficient (Wildman–Crippen LogP) is 5.29. The number of H-pyrrole nitrogens is 2. The molecule has 3 amide bonds. The number of carbonyl (C=O) groups excluding carboxylic acids is 3. The van der Waals surface area contributed by atoms with Crippen molar-refractivity contribution in [3.8, 4) is 0 Å². The van der Waals surface area contributed by atoms with Crippen LogP contribution in [0.4, 0.5) is 11.4 Å². The van der Waals surface area contributed by atoms with Gasteiger partial charge in [0.1, 0.15) is 5.92 Å². The molecule has 6 aromatic rings. The summed E-state index contributed by atoms with van der Waals surface area (Å²) in [5.74, 6) is -2.26. The van der Waals surface area contributed by atoms with Gasteiger partial charge < -0.3 is 31.7 Å². The van der Waals surface area contributed by atoms with Crippen LogP contribution in [0.2, 0.25) is 0 Å². The lowest BCUT2D eigenvalue weighted by Crippen LogP contribution is -2.41. The van der Waals surface area contributed by atoms with Crippen molar-refractivity contribution >= 4 is 50.9 Å². The van der Waals surface area contributed by atoms with Gasteiger partial charge in [-0.1, -0.05) is 60.7 Å². The quantitative estimate of drug-likeness (QED) is 0.0890. The minimum Gasteiger partial charge on any atom is -0.397 e. The lowest BCUT2D eigenvalue weighted by molar-refractivity contribution is -0.131. The molecule has 0 unspecified atom stereocenters. The molecule has 9 nitrogen and oxygen atoms in total. The van der Waals surface area contributed by atoms with Gasteiger partial charge in [-0.05, 0) is 65.9 Å². The van der Waals surface area contributed by atoms with Crippen LogP contribution in [0.15, 0.2) is 109 Å². The van der Waals surface area contributed by atoms with Crippen LogP contribution < -0.4 is 21.7 Å². The van der Waals surface area contributed by atoms with E-state index in [4.69, 9.17) is 5.73 Å². The number of nitrogen functional groups attached to an aromatic ring is 1. The van der Waals surface area contributed by atoms with Crippen LogP contribution in [0.25, 0.3) is 21.8 Å². The zero-order valence-corrected chi connectivity index (χ0v) is 24.6. The Kier molecular flexibility index (Phi) is 8.59. The summed E-state index contributed by atoms with van der Waals surface area (Å²) >= 11 is 0. The zero-order chi connectivity index (χ0) is 31.2. The molecule has 0 saturated carbocycles. The second-order valence-electron chi connectivity index (χ2n) is 10.9. The summed E-state index contributed by atoms with van der Waals surface area (Å²) in [6.45, 7) is 0.720. The second-order valence-corrected chi connectivity index (χ2v) is 10.9. The van der Waals surface area contributed by atoms with Crippen molar-refractivity contribution in [3.05, 3.63) is 132 Å². The van der Waals surface area contributed by atoms with E-state index < -0.39 is 17.7 Å². The minimum absolute atomic E-state index is 0.345. The van der Waals surface area contributed by atoms with Crippen LogP contribution in [-0.4, -0.2) is 40.8 Å². The van der Waals surface area contributed by atoms with Gasteiger partial charge in [0.2, 0.25) is 11.8 Å². The number of hydrogen-bond acceptors (Lipinski definition) is 4. The lowest BCUT2D eigenvalue weighted by atomic mass is 9.95. The highest BCUT2D eigenvalue weighted by molar-refractivity contribution is 6.07. The third kappa shape index (κ3) is 6.57. The minimum atomic E-state index is -1.10. The van der Waals surface area contributed by atoms with Crippen molar-refractivity contribution in [1.29, 1.82) is 0 Å². The Balaban J connectivity index is 1.15. The molecule has 0 bridgehead atoms. The third-order valence-electron chi connectivity index (χ3n) is 7.98. The van der Waals surface area contributed by atoms with E-state index in [1.54, 1.807) is 48.5 Å². The molecule has 2 aromatic heterocycles. The number of benzene rings is 4. The fourth-order valence-electron chi connectivity index (χ4n) is 5.58. The van der Waals surface area contributed by atoms with Crippen molar-refractivity contribution in [1.82, 2.24) is 20.6 Å². The van der Waals surface area contributed by atoms with Crippen molar-refractivity contribution in [3.63, 3.8) is 0 Å². The van der Waals surface area contributed by atoms with Gasteiger partial charge in [0.05, 0.1) is 11.4 Å². The van der Waals surface area contributed by atoms with Gasteiger partial charge in [-0.3, -0.25) is 14.4 Å². The highest BCUT2D eigenvalue weighted by atomic mass is 16.2. The first-order valence-corrected chi connectivity index (χ1v) is 14.9. The van der Waals surface area contributed by atoms with Crippen LogP contribution >= 0.6 is 0 Å². The van der Waals surface area contributed by atoms with Crippen molar-refractivity contribution in [2.45, 2.75) is 18.8 Å². The van der Waals surface area contributed by atoms with Crippen LogP contribution in [-0.2, 0) is 22.4 Å². The summed E-state index contributed by atoms with van der Waals surface area (Å²) in [5, 5.41) is 10.9. The normalized spacial score (nSPS) is 11.1. The summed E-state index contributed by atoms with van der Waals surface area (Å²) in [5.41, 5.74) is 12.0. The van der Waals surface area contributed by atoms with Crippen LogP contribution in [0.3, 0.4) is 0 Å². The zero-order valence-electron chi connectivity index (χ0n) is 24.6. The lowest BCUT2D eigenvalue weighted by Gasteiger charge is -2.18. The Bertz CT molecular complexity index is 1880. The van der Waals surface area contributed by atoms with Gasteiger partial charge >= 0.3 is 0 Å². The van der Waals surface area contributed by atoms with Crippen molar-refractivity contribution in [2.75, 3.05) is 24.1 Å². The molecule has 45 heavy (non-hydrogen) atoms. The summed E-state index contributed by atoms with van der Waals surface area (Å²) in [7, 11) is 0. The van der Waals surface area contributed by atoms with E-state index in [-0.39, 0.29) is 5.91 Å². The summed E-state index contributed by atoms with van der Waals surface area (Å²) in [4.78, 5) is 46.5. The molecule has 6 rings (SSSR count). The van der Waals surface area contributed by atoms with Crippen molar-refractivity contribution in [2.24, 2.45) is 0 Å². The number of rotatable bonds is 11. The summed E-state index contributed by atoms with van der Waals surface area (Å²) in [6.07, 6.45) is 5.09. The highest BCUT2D eigenvalue weighted by Gasteiger charge is 2.28. The molecule has 0 aliphatic carbocycles. The molecule has 9 heteroatoms.